The molecule has 0 N–H and O–H groups in total. The molecule has 19 heavy (non-hydrogen) atoms. The van der Waals surface area contributed by atoms with E-state index >= 15 is 0 Å². The number of nitrogens with zero attached hydrogens (tertiary/aromatic N) is 1. The van der Waals surface area contributed by atoms with Gasteiger partial charge in [-0.1, -0.05) is 45.7 Å². The molecule has 1 aromatic carbocycles. The summed E-state index contributed by atoms with van der Waals surface area (Å²) in [7, 11) is 0. The highest BCUT2D eigenvalue weighted by molar-refractivity contribution is 5.43. The van der Waals surface area contributed by atoms with Gasteiger partial charge in [-0.2, -0.15) is 0 Å². The molecule has 1 rings (SSSR count). The van der Waals surface area contributed by atoms with Crippen LogP contribution >= 0.6 is 0 Å². The van der Waals surface area contributed by atoms with E-state index in [1.807, 2.05) is 6.07 Å². The van der Waals surface area contributed by atoms with Crippen LogP contribution in [0.1, 0.15) is 57.6 Å². The van der Waals surface area contributed by atoms with Crippen molar-refractivity contribution in [2.24, 2.45) is 5.92 Å². The van der Waals surface area contributed by atoms with Gasteiger partial charge in [-0.05, 0) is 37.2 Å². The van der Waals surface area contributed by atoms with Crippen molar-refractivity contribution in [2.75, 3.05) is 0 Å². The smallest absolute Gasteiger partial charge is 0.258 e. The van der Waals surface area contributed by atoms with Gasteiger partial charge in [0.2, 0.25) is 0 Å². The lowest BCUT2D eigenvalue weighted by Crippen LogP contribution is -1.99. The van der Waals surface area contributed by atoms with Crippen LogP contribution in [0.15, 0.2) is 18.2 Å². The number of aryl methyl sites for hydroxylation is 2. The summed E-state index contributed by atoms with van der Waals surface area (Å²) in [6.07, 6.45) is 6.11. The second kappa shape index (κ2) is 7.93. The van der Waals surface area contributed by atoms with E-state index in [2.05, 4.69) is 26.8 Å². The first-order valence-corrected chi connectivity index (χ1v) is 7.30. The maximum Gasteiger partial charge on any atom is 0.272 e. The van der Waals surface area contributed by atoms with Gasteiger partial charge >= 0.3 is 0 Å². The van der Waals surface area contributed by atoms with E-state index in [-0.39, 0.29) is 4.92 Å². The number of hydrogen-bond acceptors (Lipinski definition) is 2. The van der Waals surface area contributed by atoms with Crippen molar-refractivity contribution in [3.8, 4) is 0 Å². The lowest BCUT2D eigenvalue weighted by atomic mass is 9.98. The molecule has 1 aromatic rings. The van der Waals surface area contributed by atoms with Gasteiger partial charge in [0.05, 0.1) is 4.92 Å². The number of benzene rings is 1. The number of nitro groups is 1. The molecule has 0 saturated carbocycles. The minimum absolute atomic E-state index is 0.236. The fraction of sp³-hybridized carbons (Fsp3) is 0.625. The van der Waals surface area contributed by atoms with E-state index in [0.29, 0.717) is 11.6 Å². The maximum absolute atomic E-state index is 11.2. The molecule has 0 heterocycles. The third-order valence-corrected chi connectivity index (χ3v) is 3.41. The number of rotatable bonds is 8. The van der Waals surface area contributed by atoms with E-state index in [1.165, 1.54) is 0 Å². The monoisotopic (exact) mass is 263 g/mol. The Morgan fingerprint density at radius 2 is 1.95 bits per heavy atom. The predicted molar refractivity (Wildman–Crippen MR) is 79.5 cm³/mol. The molecule has 0 fully saturated rings. The molecule has 106 valence electrons. The zero-order chi connectivity index (χ0) is 14.3. The highest BCUT2D eigenvalue weighted by atomic mass is 16.6. The highest BCUT2D eigenvalue weighted by Crippen LogP contribution is 2.23. The van der Waals surface area contributed by atoms with Gasteiger partial charge in [0.1, 0.15) is 0 Å². The van der Waals surface area contributed by atoms with Gasteiger partial charge in [0.25, 0.3) is 5.69 Å². The second-order valence-corrected chi connectivity index (χ2v) is 5.61. The van der Waals surface area contributed by atoms with Crippen LogP contribution in [0, 0.1) is 16.0 Å². The number of unbranched alkanes of at least 4 members (excludes halogenated alkanes) is 2. The molecule has 0 aliphatic carbocycles. The lowest BCUT2D eigenvalue weighted by molar-refractivity contribution is -0.385. The van der Waals surface area contributed by atoms with Crippen molar-refractivity contribution in [1.82, 2.24) is 0 Å². The summed E-state index contributed by atoms with van der Waals surface area (Å²) in [6, 6.07) is 5.77. The van der Waals surface area contributed by atoms with Gasteiger partial charge < -0.3 is 0 Å². The summed E-state index contributed by atoms with van der Waals surface area (Å²) in [5, 5.41) is 11.2. The average molecular weight is 263 g/mol. The van der Waals surface area contributed by atoms with Crippen LogP contribution in [-0.4, -0.2) is 4.92 Å². The summed E-state index contributed by atoms with van der Waals surface area (Å²) in [4.78, 5) is 10.9. The zero-order valence-electron chi connectivity index (χ0n) is 12.3. The summed E-state index contributed by atoms with van der Waals surface area (Å²) >= 11 is 0. The molecule has 0 amide bonds. The third kappa shape index (κ3) is 5.41. The van der Waals surface area contributed by atoms with Crippen LogP contribution in [0.3, 0.4) is 0 Å². The van der Waals surface area contributed by atoms with Crippen molar-refractivity contribution < 1.29 is 4.92 Å². The van der Waals surface area contributed by atoms with Crippen LogP contribution in [-0.2, 0) is 12.8 Å². The summed E-state index contributed by atoms with van der Waals surface area (Å²) in [5.41, 5.74) is 2.27. The van der Waals surface area contributed by atoms with Crippen molar-refractivity contribution >= 4 is 5.69 Å². The first-order valence-electron chi connectivity index (χ1n) is 7.30. The third-order valence-electron chi connectivity index (χ3n) is 3.41. The Balaban J connectivity index is 2.79. The van der Waals surface area contributed by atoms with Gasteiger partial charge in [0, 0.05) is 11.6 Å². The molecule has 0 unspecified atom stereocenters. The molecule has 0 aliphatic rings. The summed E-state index contributed by atoms with van der Waals surface area (Å²) in [5.74, 6) is 0.628. The van der Waals surface area contributed by atoms with Crippen LogP contribution < -0.4 is 0 Å². The quantitative estimate of drug-likeness (QED) is 0.379. The summed E-state index contributed by atoms with van der Waals surface area (Å²) in [6.45, 7) is 6.49. The summed E-state index contributed by atoms with van der Waals surface area (Å²) < 4.78 is 0. The largest absolute Gasteiger partial charge is 0.272 e. The molecule has 0 spiro atoms. The van der Waals surface area contributed by atoms with E-state index in [1.54, 1.807) is 6.07 Å². The molecule has 0 atom stereocenters. The molecule has 0 saturated heterocycles. The fourth-order valence-electron chi connectivity index (χ4n) is 2.17. The van der Waals surface area contributed by atoms with Crippen LogP contribution in [0.4, 0.5) is 5.69 Å². The standard InChI is InChI=1S/C16H25NO2/c1-4-5-6-7-15-11-10-14(9-8-13(2)3)12-16(15)17(18)19/h10-13H,4-9H2,1-3H3. The zero-order valence-corrected chi connectivity index (χ0v) is 12.3. The van der Waals surface area contributed by atoms with Crippen LogP contribution in [0.2, 0.25) is 0 Å². The number of hydrogen-bond donors (Lipinski definition) is 0. The first kappa shape index (κ1) is 15.7. The van der Waals surface area contributed by atoms with Crippen LogP contribution in [0.25, 0.3) is 0 Å². The van der Waals surface area contributed by atoms with E-state index < -0.39 is 0 Å². The van der Waals surface area contributed by atoms with E-state index in [4.69, 9.17) is 0 Å². The molecule has 0 radical (unpaired) electrons. The Morgan fingerprint density at radius 3 is 2.53 bits per heavy atom. The first-order chi connectivity index (χ1) is 9.04. The topological polar surface area (TPSA) is 43.1 Å². The molecule has 0 aromatic heterocycles. The predicted octanol–water partition coefficient (Wildman–Crippen LogP) is 4.92. The van der Waals surface area contributed by atoms with Crippen molar-refractivity contribution in [2.45, 2.75) is 59.3 Å². The Labute approximate surface area is 116 Å². The molecule has 0 bridgehead atoms. The lowest BCUT2D eigenvalue weighted by Gasteiger charge is -2.07. The fourth-order valence-corrected chi connectivity index (χ4v) is 2.17. The van der Waals surface area contributed by atoms with Gasteiger partial charge in [-0.15, -0.1) is 0 Å². The normalized spacial score (nSPS) is 10.9. The Kier molecular flexibility index (Phi) is 6.54. The van der Waals surface area contributed by atoms with E-state index in [9.17, 15) is 10.1 Å². The second-order valence-electron chi connectivity index (χ2n) is 5.61. The molecule has 3 heteroatoms. The Morgan fingerprint density at radius 1 is 1.21 bits per heavy atom. The van der Waals surface area contributed by atoms with Gasteiger partial charge in [-0.3, -0.25) is 10.1 Å². The molecule has 0 aliphatic heterocycles. The SMILES string of the molecule is CCCCCc1ccc(CCC(C)C)cc1[N+](=O)[O-]. The maximum atomic E-state index is 11.2. The Hall–Kier alpha value is -1.38. The number of nitro benzene ring substituents is 1. The van der Waals surface area contributed by atoms with Crippen molar-refractivity contribution in [3.05, 3.63) is 39.4 Å². The minimum atomic E-state index is -0.236. The molecular weight excluding hydrogens is 238 g/mol. The van der Waals surface area contributed by atoms with Gasteiger partial charge in [-0.25, -0.2) is 0 Å². The Bertz CT molecular complexity index is 413. The highest BCUT2D eigenvalue weighted by Gasteiger charge is 2.14. The molecule has 3 nitrogen and oxygen atoms in total. The minimum Gasteiger partial charge on any atom is -0.258 e. The van der Waals surface area contributed by atoms with Gasteiger partial charge in [0.15, 0.2) is 0 Å². The van der Waals surface area contributed by atoms with Crippen molar-refractivity contribution in [3.63, 3.8) is 0 Å². The average Bonchev–Trinajstić information content (AvgIpc) is 2.37. The molecular formula is C16H25NO2. The van der Waals surface area contributed by atoms with E-state index in [0.717, 1.165) is 49.7 Å². The van der Waals surface area contributed by atoms with Crippen LogP contribution in [0.5, 0.6) is 0 Å². The van der Waals surface area contributed by atoms with Crippen molar-refractivity contribution in [1.29, 1.82) is 0 Å².